The van der Waals surface area contributed by atoms with E-state index in [1.165, 1.54) is 7.11 Å². The minimum absolute atomic E-state index is 0.000318. The first kappa shape index (κ1) is 8.72. The maximum Gasteiger partial charge on any atom is 0.305 e. The quantitative estimate of drug-likeness (QED) is 0.477. The van der Waals surface area contributed by atoms with Crippen LogP contribution in [0.4, 0.5) is 0 Å². The molecule has 0 aromatic rings. The van der Waals surface area contributed by atoms with Gasteiger partial charge in [0.05, 0.1) is 25.7 Å². The first-order chi connectivity index (χ1) is 6.22. The van der Waals surface area contributed by atoms with Crippen molar-refractivity contribution in [2.24, 2.45) is 11.7 Å². The number of methoxy groups -OCH3 is 1. The van der Waals surface area contributed by atoms with Crippen LogP contribution in [0.2, 0.25) is 0 Å². The largest absolute Gasteiger partial charge is 0.469 e. The van der Waals surface area contributed by atoms with Gasteiger partial charge in [-0.15, -0.1) is 0 Å². The van der Waals surface area contributed by atoms with E-state index in [0.717, 1.165) is 0 Å². The molecule has 2 heterocycles. The maximum atomic E-state index is 11.0. The second-order valence-electron chi connectivity index (χ2n) is 3.47. The van der Waals surface area contributed by atoms with E-state index in [4.69, 9.17) is 10.5 Å². The SMILES string of the molecule is COC(=O)CC1C2C=CC(O2)C1N. The van der Waals surface area contributed by atoms with E-state index in [0.29, 0.717) is 6.42 Å². The lowest BCUT2D eigenvalue weighted by molar-refractivity contribution is -0.142. The zero-order valence-electron chi connectivity index (χ0n) is 7.47. The standard InChI is InChI=1S/C9H13NO3/c1-12-8(11)4-5-6-2-3-7(13-6)9(5)10/h2-3,5-7,9H,4,10H2,1H3. The summed E-state index contributed by atoms with van der Waals surface area (Å²) >= 11 is 0. The molecule has 72 valence electrons. The molecule has 0 spiro atoms. The van der Waals surface area contributed by atoms with Crippen LogP contribution in [0, 0.1) is 5.92 Å². The van der Waals surface area contributed by atoms with Crippen molar-refractivity contribution in [2.45, 2.75) is 24.7 Å². The third-order valence-electron chi connectivity index (χ3n) is 2.73. The van der Waals surface area contributed by atoms with Crippen molar-refractivity contribution in [3.05, 3.63) is 12.2 Å². The van der Waals surface area contributed by atoms with Crippen LogP contribution < -0.4 is 5.73 Å². The first-order valence-electron chi connectivity index (χ1n) is 4.38. The number of carbonyl (C=O) groups excluding carboxylic acids is 1. The van der Waals surface area contributed by atoms with Gasteiger partial charge in [-0.25, -0.2) is 0 Å². The van der Waals surface area contributed by atoms with Crippen molar-refractivity contribution in [3.8, 4) is 0 Å². The van der Waals surface area contributed by atoms with Crippen molar-refractivity contribution in [1.29, 1.82) is 0 Å². The van der Waals surface area contributed by atoms with Crippen LogP contribution in [-0.2, 0) is 14.3 Å². The summed E-state index contributed by atoms with van der Waals surface area (Å²) in [4.78, 5) is 11.0. The van der Waals surface area contributed by atoms with Gasteiger partial charge in [-0.1, -0.05) is 12.2 Å². The Labute approximate surface area is 76.7 Å². The summed E-state index contributed by atoms with van der Waals surface area (Å²) < 4.78 is 10.1. The molecule has 0 aromatic carbocycles. The van der Waals surface area contributed by atoms with Crippen LogP contribution >= 0.6 is 0 Å². The molecule has 4 nitrogen and oxygen atoms in total. The fourth-order valence-electron chi connectivity index (χ4n) is 1.94. The van der Waals surface area contributed by atoms with Crippen molar-refractivity contribution >= 4 is 5.97 Å². The lowest BCUT2D eigenvalue weighted by Crippen LogP contribution is -2.38. The van der Waals surface area contributed by atoms with E-state index in [9.17, 15) is 4.79 Å². The second kappa shape index (κ2) is 3.12. The predicted octanol–water partition coefficient (Wildman–Crippen LogP) is -0.170. The highest BCUT2D eigenvalue weighted by Gasteiger charge is 2.44. The van der Waals surface area contributed by atoms with E-state index >= 15 is 0 Å². The summed E-state index contributed by atoms with van der Waals surface area (Å²) in [7, 11) is 1.39. The summed E-state index contributed by atoms with van der Waals surface area (Å²) in [6.45, 7) is 0. The van der Waals surface area contributed by atoms with Gasteiger partial charge in [0.1, 0.15) is 0 Å². The average molecular weight is 183 g/mol. The Hall–Kier alpha value is -0.870. The average Bonchev–Trinajstić information content (AvgIpc) is 2.69. The van der Waals surface area contributed by atoms with Gasteiger partial charge >= 0.3 is 5.97 Å². The topological polar surface area (TPSA) is 61.5 Å². The Morgan fingerprint density at radius 1 is 1.54 bits per heavy atom. The highest BCUT2D eigenvalue weighted by molar-refractivity contribution is 5.69. The van der Waals surface area contributed by atoms with Gasteiger partial charge in [-0.2, -0.15) is 0 Å². The van der Waals surface area contributed by atoms with Crippen molar-refractivity contribution in [2.75, 3.05) is 7.11 Å². The molecule has 1 fully saturated rings. The van der Waals surface area contributed by atoms with E-state index < -0.39 is 0 Å². The van der Waals surface area contributed by atoms with Crippen LogP contribution in [-0.4, -0.2) is 31.3 Å². The molecule has 2 aliphatic rings. The number of hydrogen-bond donors (Lipinski definition) is 1. The Bertz CT molecular complexity index is 251. The van der Waals surface area contributed by atoms with Gasteiger partial charge < -0.3 is 15.2 Å². The summed E-state index contributed by atoms with van der Waals surface area (Å²) in [5.41, 5.74) is 5.88. The van der Waals surface area contributed by atoms with Gasteiger partial charge in [0, 0.05) is 12.0 Å². The van der Waals surface area contributed by atoms with E-state index in [2.05, 4.69) is 4.74 Å². The molecule has 2 aliphatic heterocycles. The van der Waals surface area contributed by atoms with Crippen LogP contribution in [0.15, 0.2) is 12.2 Å². The van der Waals surface area contributed by atoms with E-state index in [1.807, 2.05) is 12.2 Å². The Morgan fingerprint density at radius 2 is 2.23 bits per heavy atom. The lowest BCUT2D eigenvalue weighted by Gasteiger charge is -2.19. The molecule has 2 rings (SSSR count). The minimum atomic E-state index is -0.218. The molecule has 13 heavy (non-hydrogen) atoms. The van der Waals surface area contributed by atoms with Crippen LogP contribution in [0.3, 0.4) is 0 Å². The predicted molar refractivity (Wildman–Crippen MR) is 45.9 cm³/mol. The number of ether oxygens (including phenoxy) is 2. The number of hydrogen-bond acceptors (Lipinski definition) is 4. The normalized spacial score (nSPS) is 41.1. The van der Waals surface area contributed by atoms with E-state index in [-0.39, 0.29) is 30.1 Å². The molecule has 0 amide bonds. The highest BCUT2D eigenvalue weighted by Crippen LogP contribution is 2.34. The molecule has 2 N–H and O–H groups in total. The van der Waals surface area contributed by atoms with Crippen molar-refractivity contribution < 1.29 is 14.3 Å². The van der Waals surface area contributed by atoms with Crippen molar-refractivity contribution in [3.63, 3.8) is 0 Å². The van der Waals surface area contributed by atoms with Crippen molar-refractivity contribution in [1.82, 2.24) is 0 Å². The monoisotopic (exact) mass is 183 g/mol. The molecule has 2 bridgehead atoms. The third kappa shape index (κ3) is 1.36. The first-order valence-corrected chi connectivity index (χ1v) is 4.38. The molecule has 0 aliphatic carbocycles. The van der Waals surface area contributed by atoms with Gasteiger partial charge in [0.25, 0.3) is 0 Å². The number of fused-ring (bicyclic) bond motifs is 2. The molecule has 4 atom stereocenters. The molecule has 4 unspecified atom stereocenters. The smallest absolute Gasteiger partial charge is 0.305 e. The Morgan fingerprint density at radius 3 is 2.77 bits per heavy atom. The summed E-state index contributed by atoms with van der Waals surface area (Å²) in [6, 6.07) is -0.0610. The number of esters is 1. The zero-order valence-corrected chi connectivity index (χ0v) is 7.47. The maximum absolute atomic E-state index is 11.0. The van der Waals surface area contributed by atoms with Crippen LogP contribution in [0.5, 0.6) is 0 Å². The number of rotatable bonds is 2. The zero-order chi connectivity index (χ0) is 9.42. The molecule has 4 heteroatoms. The fraction of sp³-hybridized carbons (Fsp3) is 0.667. The molecule has 0 saturated carbocycles. The summed E-state index contributed by atoms with van der Waals surface area (Å²) in [5, 5.41) is 0. The summed E-state index contributed by atoms with van der Waals surface area (Å²) in [5.74, 6) is -0.132. The molecule has 0 aromatic heterocycles. The third-order valence-corrected chi connectivity index (χ3v) is 2.73. The molecule has 0 radical (unpaired) electrons. The fourth-order valence-corrected chi connectivity index (χ4v) is 1.94. The molecular weight excluding hydrogens is 170 g/mol. The number of nitrogens with two attached hydrogens (primary N) is 1. The molecular formula is C9H13NO3. The molecule has 1 saturated heterocycles. The van der Waals surface area contributed by atoms with Crippen LogP contribution in [0.1, 0.15) is 6.42 Å². The van der Waals surface area contributed by atoms with Gasteiger partial charge in [-0.05, 0) is 0 Å². The number of carbonyl (C=O) groups is 1. The summed E-state index contributed by atoms with van der Waals surface area (Å²) in [6.07, 6.45) is 4.30. The Balaban J connectivity index is 2.01. The lowest BCUT2D eigenvalue weighted by atomic mass is 9.87. The second-order valence-corrected chi connectivity index (χ2v) is 3.47. The van der Waals surface area contributed by atoms with Gasteiger partial charge in [-0.3, -0.25) is 4.79 Å². The minimum Gasteiger partial charge on any atom is -0.469 e. The van der Waals surface area contributed by atoms with Gasteiger partial charge in [0.2, 0.25) is 0 Å². The highest BCUT2D eigenvalue weighted by atomic mass is 16.5. The van der Waals surface area contributed by atoms with E-state index in [1.54, 1.807) is 0 Å². The van der Waals surface area contributed by atoms with Gasteiger partial charge in [0.15, 0.2) is 0 Å². The Kier molecular flexibility index (Phi) is 2.09. The van der Waals surface area contributed by atoms with Crippen LogP contribution in [0.25, 0.3) is 0 Å².